The maximum Gasteiger partial charge on any atom is 0.211 e. The molecule has 1 aliphatic carbocycles. The van der Waals surface area contributed by atoms with E-state index in [1.165, 1.54) is 11.8 Å². The number of aliphatic hydroxyl groups excluding tert-OH is 1. The lowest BCUT2D eigenvalue weighted by atomic mass is 10.1. The molecule has 1 aliphatic heterocycles. The van der Waals surface area contributed by atoms with Crippen molar-refractivity contribution in [3.05, 3.63) is 35.4 Å². The van der Waals surface area contributed by atoms with Crippen molar-refractivity contribution in [3.8, 4) is 0 Å². The molecule has 0 aromatic heterocycles. The van der Waals surface area contributed by atoms with Gasteiger partial charge >= 0.3 is 0 Å². The standard InChI is InChI=1S/C15H22N2O3S/c1-11-10-16(7-8-17(11)21(2,19)20)14-9-12-5-3-4-6-13(12)15(14)18/h3-6,11,14-15,18H,7-10H2,1-2H3/t11-,14?,15?/m0/s1. The Morgan fingerprint density at radius 2 is 1.95 bits per heavy atom. The third-order valence-corrected chi connectivity index (χ3v) is 6.05. The highest BCUT2D eigenvalue weighted by atomic mass is 32.2. The van der Waals surface area contributed by atoms with E-state index >= 15 is 0 Å². The molecule has 1 aromatic carbocycles. The molecule has 1 N–H and O–H groups in total. The van der Waals surface area contributed by atoms with Crippen molar-refractivity contribution in [3.63, 3.8) is 0 Å². The summed E-state index contributed by atoms with van der Waals surface area (Å²) in [5, 5.41) is 10.5. The summed E-state index contributed by atoms with van der Waals surface area (Å²) in [4.78, 5) is 2.23. The number of benzene rings is 1. The zero-order valence-electron chi connectivity index (χ0n) is 12.4. The zero-order chi connectivity index (χ0) is 15.2. The van der Waals surface area contributed by atoms with Crippen LogP contribution in [-0.4, -0.2) is 60.7 Å². The van der Waals surface area contributed by atoms with E-state index in [0.29, 0.717) is 19.6 Å². The van der Waals surface area contributed by atoms with E-state index in [4.69, 9.17) is 0 Å². The van der Waals surface area contributed by atoms with Crippen LogP contribution < -0.4 is 0 Å². The number of hydrogen-bond acceptors (Lipinski definition) is 4. The Kier molecular flexibility index (Phi) is 3.81. The number of rotatable bonds is 2. The summed E-state index contributed by atoms with van der Waals surface area (Å²) < 4.78 is 25.0. The first-order valence-electron chi connectivity index (χ1n) is 7.34. The molecular formula is C15H22N2O3S. The first kappa shape index (κ1) is 15.0. The largest absolute Gasteiger partial charge is 0.387 e. The Morgan fingerprint density at radius 3 is 2.57 bits per heavy atom. The van der Waals surface area contributed by atoms with Crippen LogP contribution >= 0.6 is 0 Å². The minimum Gasteiger partial charge on any atom is -0.387 e. The number of fused-ring (bicyclic) bond motifs is 1. The second-order valence-corrected chi connectivity index (χ2v) is 8.07. The van der Waals surface area contributed by atoms with Gasteiger partial charge in [0.15, 0.2) is 0 Å². The van der Waals surface area contributed by atoms with Gasteiger partial charge in [0.25, 0.3) is 0 Å². The molecule has 0 saturated carbocycles. The molecule has 1 fully saturated rings. The van der Waals surface area contributed by atoms with Crippen molar-refractivity contribution in [1.29, 1.82) is 0 Å². The van der Waals surface area contributed by atoms with E-state index in [9.17, 15) is 13.5 Å². The van der Waals surface area contributed by atoms with Gasteiger partial charge in [-0.1, -0.05) is 24.3 Å². The molecule has 2 unspecified atom stereocenters. The lowest BCUT2D eigenvalue weighted by molar-refractivity contribution is 0.0282. The average Bonchev–Trinajstić information content (AvgIpc) is 2.75. The normalized spacial score (nSPS) is 31.3. The highest BCUT2D eigenvalue weighted by Gasteiger charge is 2.39. The van der Waals surface area contributed by atoms with Crippen LogP contribution in [0.5, 0.6) is 0 Å². The van der Waals surface area contributed by atoms with E-state index in [1.54, 1.807) is 4.31 Å². The van der Waals surface area contributed by atoms with Crippen LogP contribution in [0.4, 0.5) is 0 Å². The SMILES string of the molecule is C[C@H]1CN(C2Cc3ccccc3C2O)CCN1S(C)(=O)=O. The van der Waals surface area contributed by atoms with Crippen molar-refractivity contribution in [2.45, 2.75) is 31.5 Å². The monoisotopic (exact) mass is 310 g/mol. The molecule has 0 amide bonds. The van der Waals surface area contributed by atoms with E-state index in [1.807, 2.05) is 25.1 Å². The zero-order valence-corrected chi connectivity index (χ0v) is 13.3. The van der Waals surface area contributed by atoms with Crippen LogP contribution in [0, 0.1) is 0 Å². The first-order valence-corrected chi connectivity index (χ1v) is 9.19. The van der Waals surface area contributed by atoms with Gasteiger partial charge in [0.2, 0.25) is 10.0 Å². The van der Waals surface area contributed by atoms with Crippen LogP contribution in [0.25, 0.3) is 0 Å². The number of sulfonamides is 1. The molecule has 21 heavy (non-hydrogen) atoms. The summed E-state index contributed by atoms with van der Waals surface area (Å²) in [6, 6.07) is 8.01. The molecule has 3 atom stereocenters. The van der Waals surface area contributed by atoms with E-state index < -0.39 is 16.1 Å². The average molecular weight is 310 g/mol. The molecule has 0 bridgehead atoms. The van der Waals surface area contributed by atoms with Gasteiger partial charge in [-0.25, -0.2) is 8.42 Å². The lowest BCUT2D eigenvalue weighted by Gasteiger charge is -2.42. The minimum atomic E-state index is -3.14. The van der Waals surface area contributed by atoms with Crippen LogP contribution in [-0.2, 0) is 16.4 Å². The van der Waals surface area contributed by atoms with Gasteiger partial charge in [-0.05, 0) is 24.5 Å². The highest BCUT2D eigenvalue weighted by Crippen LogP contribution is 2.35. The predicted molar refractivity (Wildman–Crippen MR) is 81.5 cm³/mol. The molecule has 0 spiro atoms. The Morgan fingerprint density at radius 1 is 1.24 bits per heavy atom. The molecule has 3 rings (SSSR count). The summed E-state index contributed by atoms with van der Waals surface area (Å²) in [5.41, 5.74) is 2.22. The van der Waals surface area contributed by atoms with Crippen molar-refractivity contribution >= 4 is 10.0 Å². The Hall–Kier alpha value is -0.950. The molecule has 2 aliphatic rings. The quantitative estimate of drug-likeness (QED) is 0.869. The molecule has 0 radical (unpaired) electrons. The molecule has 1 heterocycles. The van der Waals surface area contributed by atoms with Crippen LogP contribution in [0.3, 0.4) is 0 Å². The van der Waals surface area contributed by atoms with Gasteiger partial charge < -0.3 is 5.11 Å². The van der Waals surface area contributed by atoms with E-state index in [2.05, 4.69) is 11.0 Å². The number of hydrogen-bond donors (Lipinski definition) is 1. The third kappa shape index (κ3) is 2.73. The maximum atomic E-state index is 11.7. The second-order valence-electron chi connectivity index (χ2n) is 6.13. The molecule has 116 valence electrons. The van der Waals surface area contributed by atoms with E-state index in [-0.39, 0.29) is 12.1 Å². The third-order valence-electron chi connectivity index (χ3n) is 4.66. The van der Waals surface area contributed by atoms with Crippen LogP contribution in [0.1, 0.15) is 24.2 Å². The molecule has 6 heteroatoms. The van der Waals surface area contributed by atoms with Crippen molar-refractivity contribution in [1.82, 2.24) is 9.21 Å². The Bertz CT molecular complexity index is 632. The minimum absolute atomic E-state index is 0.0512. The molecular weight excluding hydrogens is 288 g/mol. The fourth-order valence-electron chi connectivity index (χ4n) is 3.64. The highest BCUT2D eigenvalue weighted by molar-refractivity contribution is 7.88. The molecule has 1 aromatic rings. The van der Waals surface area contributed by atoms with Gasteiger partial charge in [0.1, 0.15) is 0 Å². The van der Waals surface area contributed by atoms with Crippen molar-refractivity contribution < 1.29 is 13.5 Å². The summed E-state index contributed by atoms with van der Waals surface area (Å²) in [6.07, 6.45) is 1.63. The van der Waals surface area contributed by atoms with E-state index in [0.717, 1.165) is 12.0 Å². The summed E-state index contributed by atoms with van der Waals surface area (Å²) >= 11 is 0. The second kappa shape index (κ2) is 5.35. The Labute approximate surface area is 126 Å². The fourth-order valence-corrected chi connectivity index (χ4v) is 4.78. The summed E-state index contributed by atoms with van der Waals surface area (Å²) in [7, 11) is -3.14. The number of aliphatic hydroxyl groups is 1. The Balaban J connectivity index is 1.74. The van der Waals surface area contributed by atoms with Gasteiger partial charge in [-0.3, -0.25) is 4.90 Å². The summed E-state index contributed by atoms with van der Waals surface area (Å²) in [6.45, 7) is 3.77. The molecule has 5 nitrogen and oxygen atoms in total. The van der Waals surface area contributed by atoms with Crippen molar-refractivity contribution in [2.75, 3.05) is 25.9 Å². The smallest absolute Gasteiger partial charge is 0.211 e. The van der Waals surface area contributed by atoms with Crippen LogP contribution in [0.15, 0.2) is 24.3 Å². The van der Waals surface area contributed by atoms with Gasteiger partial charge in [0, 0.05) is 31.7 Å². The fraction of sp³-hybridized carbons (Fsp3) is 0.600. The predicted octanol–water partition coefficient (Wildman–Crippen LogP) is 0.610. The summed E-state index contributed by atoms with van der Waals surface area (Å²) in [5.74, 6) is 0. The number of nitrogens with zero attached hydrogens (tertiary/aromatic N) is 2. The van der Waals surface area contributed by atoms with Gasteiger partial charge in [0.05, 0.1) is 12.4 Å². The van der Waals surface area contributed by atoms with Crippen LogP contribution in [0.2, 0.25) is 0 Å². The first-order chi connectivity index (χ1) is 9.88. The lowest BCUT2D eigenvalue weighted by Crippen LogP contribution is -2.56. The molecule has 1 saturated heterocycles. The van der Waals surface area contributed by atoms with Gasteiger partial charge in [-0.15, -0.1) is 0 Å². The van der Waals surface area contributed by atoms with Crippen molar-refractivity contribution in [2.24, 2.45) is 0 Å². The van der Waals surface area contributed by atoms with Gasteiger partial charge in [-0.2, -0.15) is 4.31 Å². The maximum absolute atomic E-state index is 11.7. The topological polar surface area (TPSA) is 60.9 Å². The number of piperazine rings is 1.